The Hall–Kier alpha value is -2.62. The summed E-state index contributed by atoms with van der Waals surface area (Å²) in [6, 6.07) is 8.09. The third-order valence-electron chi connectivity index (χ3n) is 5.21. The number of amides is 1. The van der Waals surface area contributed by atoms with E-state index < -0.39 is 0 Å². The van der Waals surface area contributed by atoms with Gasteiger partial charge in [-0.25, -0.2) is 15.0 Å². The summed E-state index contributed by atoms with van der Waals surface area (Å²) in [5, 5.41) is 8.67. The van der Waals surface area contributed by atoms with Crippen molar-refractivity contribution in [2.24, 2.45) is 5.73 Å². The molecule has 0 aliphatic heterocycles. The van der Waals surface area contributed by atoms with E-state index >= 15 is 0 Å². The Kier molecular flexibility index (Phi) is 4.86. The minimum atomic E-state index is -0.214. The van der Waals surface area contributed by atoms with Crippen molar-refractivity contribution >= 4 is 60.1 Å². The van der Waals surface area contributed by atoms with Gasteiger partial charge in [0.05, 0.1) is 32.2 Å². The zero-order valence-corrected chi connectivity index (χ0v) is 17.2. The molecule has 3 aromatic heterocycles. The molecule has 148 valence electrons. The van der Waals surface area contributed by atoms with E-state index in [-0.39, 0.29) is 18.0 Å². The molecule has 0 radical (unpaired) electrons. The van der Waals surface area contributed by atoms with Crippen LogP contribution in [0.1, 0.15) is 36.0 Å². The Morgan fingerprint density at radius 2 is 2.00 bits per heavy atom. The lowest BCUT2D eigenvalue weighted by Gasteiger charge is -2.29. The Labute approximate surface area is 175 Å². The molecule has 2 unspecified atom stereocenters. The number of nitrogens with one attached hydrogen (secondary N) is 2. The molecule has 9 heteroatoms. The third kappa shape index (κ3) is 3.68. The summed E-state index contributed by atoms with van der Waals surface area (Å²) >= 11 is 2.91. The first-order valence-electron chi connectivity index (χ1n) is 9.60. The number of fused-ring (bicyclic) bond motifs is 2. The van der Waals surface area contributed by atoms with Crippen molar-refractivity contribution in [3.8, 4) is 0 Å². The maximum Gasteiger partial charge on any atom is 0.260 e. The second kappa shape index (κ2) is 7.66. The number of hydrogen-bond donors (Lipinski definition) is 3. The summed E-state index contributed by atoms with van der Waals surface area (Å²) in [6.07, 6.45) is 6.10. The lowest BCUT2D eigenvalue weighted by atomic mass is 9.91. The molecule has 4 N–H and O–H groups in total. The lowest BCUT2D eigenvalue weighted by Crippen LogP contribution is -2.42. The predicted octanol–water partition coefficient (Wildman–Crippen LogP) is 4.24. The summed E-state index contributed by atoms with van der Waals surface area (Å²) in [5.74, 6) is 0.307. The zero-order chi connectivity index (χ0) is 19.8. The largest absolute Gasteiger partial charge is 0.350 e. The average Bonchev–Trinajstić information content (AvgIpc) is 3.32. The molecular weight excluding hydrogens is 404 g/mol. The summed E-state index contributed by atoms with van der Waals surface area (Å²) in [4.78, 5) is 26.4. The molecule has 1 aliphatic carbocycles. The van der Waals surface area contributed by atoms with Gasteiger partial charge >= 0.3 is 0 Å². The van der Waals surface area contributed by atoms with E-state index in [1.807, 2.05) is 29.6 Å². The Balaban J connectivity index is 1.39. The second-order valence-electron chi connectivity index (χ2n) is 7.20. The van der Waals surface area contributed by atoms with Crippen molar-refractivity contribution in [3.63, 3.8) is 0 Å². The number of nitrogens with zero attached hydrogens (tertiary/aromatic N) is 3. The smallest absolute Gasteiger partial charge is 0.260 e. The first kappa shape index (κ1) is 18.4. The van der Waals surface area contributed by atoms with Crippen molar-refractivity contribution in [2.75, 3.05) is 10.6 Å². The lowest BCUT2D eigenvalue weighted by molar-refractivity contribution is 0.102. The normalized spacial score (nSPS) is 19.5. The highest BCUT2D eigenvalue weighted by atomic mass is 32.1. The zero-order valence-electron chi connectivity index (χ0n) is 15.6. The molecule has 4 aromatic rings. The number of hydrogen-bond acceptors (Lipinski definition) is 8. The van der Waals surface area contributed by atoms with Crippen LogP contribution in [0.3, 0.4) is 0 Å². The number of rotatable bonds is 4. The van der Waals surface area contributed by atoms with E-state index in [0.29, 0.717) is 22.2 Å². The third-order valence-corrected chi connectivity index (χ3v) is 7.07. The number of para-hydroxylation sites is 1. The van der Waals surface area contributed by atoms with Gasteiger partial charge in [-0.15, -0.1) is 11.3 Å². The van der Waals surface area contributed by atoms with Crippen molar-refractivity contribution in [1.29, 1.82) is 0 Å². The van der Waals surface area contributed by atoms with Crippen LogP contribution in [0.15, 0.2) is 35.8 Å². The first-order valence-corrected chi connectivity index (χ1v) is 11.3. The summed E-state index contributed by atoms with van der Waals surface area (Å²) in [5.41, 5.74) is 8.28. The number of thiazole rings is 1. The van der Waals surface area contributed by atoms with Gasteiger partial charge in [-0.2, -0.15) is 0 Å². The number of anilines is 2. The fourth-order valence-corrected chi connectivity index (χ4v) is 5.36. The highest BCUT2D eigenvalue weighted by Gasteiger charge is 2.23. The van der Waals surface area contributed by atoms with Crippen LogP contribution in [0.4, 0.5) is 11.1 Å². The van der Waals surface area contributed by atoms with Gasteiger partial charge in [0.1, 0.15) is 0 Å². The van der Waals surface area contributed by atoms with Gasteiger partial charge in [-0.1, -0.05) is 36.3 Å². The van der Waals surface area contributed by atoms with Crippen molar-refractivity contribution in [3.05, 3.63) is 41.4 Å². The summed E-state index contributed by atoms with van der Waals surface area (Å²) in [6.45, 7) is 0. The van der Waals surface area contributed by atoms with Crippen LogP contribution >= 0.6 is 22.7 Å². The molecule has 1 amide bonds. The maximum atomic E-state index is 12.9. The van der Waals surface area contributed by atoms with Crippen molar-refractivity contribution < 1.29 is 4.79 Å². The molecule has 0 spiro atoms. The van der Waals surface area contributed by atoms with Gasteiger partial charge in [0.25, 0.3) is 5.91 Å². The molecule has 1 saturated carbocycles. The SMILES string of the molecule is NC1CCCCC1Nc1ncc2scc(C(=O)Nc3nc4ccccc4s3)c2n1. The highest BCUT2D eigenvalue weighted by molar-refractivity contribution is 7.22. The summed E-state index contributed by atoms with van der Waals surface area (Å²) in [7, 11) is 0. The number of benzene rings is 1. The van der Waals surface area contributed by atoms with E-state index in [1.165, 1.54) is 29.1 Å². The minimum absolute atomic E-state index is 0.104. The predicted molar refractivity (Wildman–Crippen MR) is 119 cm³/mol. The number of nitrogens with two attached hydrogens (primary N) is 1. The van der Waals surface area contributed by atoms with Gasteiger partial charge in [0, 0.05) is 17.5 Å². The van der Waals surface area contributed by atoms with E-state index in [4.69, 9.17) is 5.73 Å². The molecule has 1 fully saturated rings. The van der Waals surface area contributed by atoms with Crippen LogP contribution in [0.25, 0.3) is 20.4 Å². The van der Waals surface area contributed by atoms with Crippen molar-refractivity contribution in [2.45, 2.75) is 37.8 Å². The molecule has 3 heterocycles. The van der Waals surface area contributed by atoms with E-state index in [9.17, 15) is 4.79 Å². The molecule has 1 aromatic carbocycles. The van der Waals surface area contributed by atoms with Gasteiger partial charge in [-0.3, -0.25) is 10.1 Å². The minimum Gasteiger partial charge on any atom is -0.350 e. The van der Waals surface area contributed by atoms with E-state index in [2.05, 4.69) is 25.6 Å². The number of aromatic nitrogens is 3. The van der Waals surface area contributed by atoms with E-state index in [1.54, 1.807) is 6.20 Å². The fourth-order valence-electron chi connectivity index (χ4n) is 3.65. The Morgan fingerprint density at radius 3 is 2.86 bits per heavy atom. The second-order valence-corrected chi connectivity index (χ2v) is 9.14. The van der Waals surface area contributed by atoms with E-state index in [0.717, 1.165) is 34.2 Å². The van der Waals surface area contributed by atoms with Gasteiger partial charge in [0.2, 0.25) is 5.95 Å². The fraction of sp³-hybridized carbons (Fsp3) is 0.300. The monoisotopic (exact) mass is 424 g/mol. The maximum absolute atomic E-state index is 12.9. The topological polar surface area (TPSA) is 106 Å². The van der Waals surface area contributed by atoms with Crippen LogP contribution in [-0.4, -0.2) is 32.9 Å². The van der Waals surface area contributed by atoms with Crippen LogP contribution in [0.5, 0.6) is 0 Å². The van der Waals surface area contributed by atoms with Gasteiger partial charge in [0.15, 0.2) is 5.13 Å². The van der Waals surface area contributed by atoms with Gasteiger partial charge in [-0.05, 0) is 25.0 Å². The molecule has 29 heavy (non-hydrogen) atoms. The van der Waals surface area contributed by atoms with Crippen LogP contribution in [-0.2, 0) is 0 Å². The average molecular weight is 425 g/mol. The standard InChI is InChI=1S/C20H20N6OS2/c21-12-5-1-2-6-13(12)23-19-22-9-16-17(25-19)11(10-28-16)18(27)26-20-24-14-7-3-4-8-15(14)29-20/h3-4,7-10,12-13H,1-2,5-6,21H2,(H,22,23,25)(H,24,26,27). The molecule has 1 aliphatic rings. The number of carbonyl (C=O) groups excluding carboxylic acids is 1. The van der Waals surface area contributed by atoms with Crippen molar-refractivity contribution in [1.82, 2.24) is 15.0 Å². The van der Waals surface area contributed by atoms with Crippen LogP contribution in [0.2, 0.25) is 0 Å². The number of carbonyl (C=O) groups is 1. The highest BCUT2D eigenvalue weighted by Crippen LogP contribution is 2.29. The molecule has 0 bridgehead atoms. The molecule has 2 atom stereocenters. The summed E-state index contributed by atoms with van der Waals surface area (Å²) < 4.78 is 1.91. The first-order chi connectivity index (χ1) is 14.2. The quantitative estimate of drug-likeness (QED) is 0.453. The molecule has 5 rings (SSSR count). The van der Waals surface area contributed by atoms with Gasteiger partial charge < -0.3 is 11.1 Å². The molecule has 0 saturated heterocycles. The van der Waals surface area contributed by atoms with Crippen LogP contribution < -0.4 is 16.4 Å². The number of thiophene rings is 1. The van der Waals surface area contributed by atoms with Crippen LogP contribution in [0, 0.1) is 0 Å². The molecular formula is C20H20N6OS2. The Morgan fingerprint density at radius 1 is 1.14 bits per heavy atom. The molecule has 7 nitrogen and oxygen atoms in total. The Bertz CT molecular complexity index is 1150.